The van der Waals surface area contributed by atoms with E-state index in [0.29, 0.717) is 28.2 Å². The second kappa shape index (κ2) is 4.84. The smallest absolute Gasteiger partial charge is 0.231 e. The Kier molecular flexibility index (Phi) is 3.17. The topological polar surface area (TPSA) is 62.7 Å². The molecule has 1 aliphatic rings. The molecular weight excluding hydrogens is 285 g/mol. The first-order valence-electron chi connectivity index (χ1n) is 5.83. The minimum Gasteiger partial charge on any atom is -0.339 e. The monoisotopic (exact) mass is 293 g/mol. The Bertz CT molecular complexity index is 662. The summed E-state index contributed by atoms with van der Waals surface area (Å²) < 4.78 is 5.18. The molecule has 0 amide bonds. The molecule has 0 saturated heterocycles. The summed E-state index contributed by atoms with van der Waals surface area (Å²) in [4.78, 5) is 4.31. The maximum Gasteiger partial charge on any atom is 0.231 e. The van der Waals surface area contributed by atoms with Gasteiger partial charge in [0, 0.05) is 16.5 Å². The molecule has 0 radical (unpaired) electrons. The van der Waals surface area contributed by atoms with Gasteiger partial charge in [-0.1, -0.05) is 34.4 Å². The van der Waals surface area contributed by atoms with Gasteiger partial charge in [-0.2, -0.15) is 10.2 Å². The fourth-order valence-electron chi connectivity index (χ4n) is 1.94. The van der Waals surface area contributed by atoms with E-state index in [0.717, 1.165) is 12.0 Å². The van der Waals surface area contributed by atoms with E-state index in [1.54, 1.807) is 12.1 Å². The van der Waals surface area contributed by atoms with E-state index in [2.05, 4.69) is 16.2 Å². The van der Waals surface area contributed by atoms with Gasteiger partial charge in [-0.3, -0.25) is 0 Å². The molecule has 1 aliphatic carbocycles. The zero-order valence-electron chi connectivity index (χ0n) is 9.81. The first-order chi connectivity index (χ1) is 9.17. The van der Waals surface area contributed by atoms with Crippen molar-refractivity contribution in [3.63, 3.8) is 0 Å². The number of aromatic nitrogens is 2. The van der Waals surface area contributed by atoms with Gasteiger partial charge in [0.1, 0.15) is 0 Å². The highest BCUT2D eigenvalue weighted by Crippen LogP contribution is 2.46. The second-order valence-corrected chi connectivity index (χ2v) is 5.38. The van der Waals surface area contributed by atoms with Crippen molar-refractivity contribution in [1.82, 2.24) is 10.1 Å². The van der Waals surface area contributed by atoms with Crippen LogP contribution in [0.5, 0.6) is 0 Å². The highest BCUT2D eigenvalue weighted by atomic mass is 35.5. The SMILES string of the molecule is N#CC1CC1c1nc(Cc2ccc(Cl)cc2Cl)no1. The summed E-state index contributed by atoms with van der Waals surface area (Å²) in [5.74, 6) is 1.24. The molecule has 1 aromatic carbocycles. The van der Waals surface area contributed by atoms with Crippen LogP contribution in [0, 0.1) is 17.2 Å². The van der Waals surface area contributed by atoms with E-state index in [9.17, 15) is 0 Å². The minimum atomic E-state index is 0.0208. The Hall–Kier alpha value is -1.57. The molecular formula is C13H9Cl2N3O. The molecule has 96 valence electrons. The standard InChI is InChI=1S/C13H9Cl2N3O/c14-9-2-1-7(11(15)5-9)4-12-17-13(19-18-12)10-3-8(10)6-16/h1-2,5,8,10H,3-4H2. The Morgan fingerprint density at radius 3 is 2.95 bits per heavy atom. The van der Waals surface area contributed by atoms with Crippen LogP contribution < -0.4 is 0 Å². The number of nitrogens with zero attached hydrogens (tertiary/aromatic N) is 3. The first-order valence-corrected chi connectivity index (χ1v) is 6.59. The fraction of sp³-hybridized carbons (Fsp3) is 0.308. The summed E-state index contributed by atoms with van der Waals surface area (Å²) in [6, 6.07) is 7.50. The Morgan fingerprint density at radius 1 is 1.42 bits per heavy atom. The predicted molar refractivity (Wildman–Crippen MR) is 70.0 cm³/mol. The van der Waals surface area contributed by atoms with Crippen molar-refractivity contribution >= 4 is 23.2 Å². The summed E-state index contributed by atoms with van der Waals surface area (Å²) in [5, 5.41) is 13.9. The lowest BCUT2D eigenvalue weighted by Crippen LogP contribution is -1.92. The van der Waals surface area contributed by atoms with Gasteiger partial charge < -0.3 is 4.52 Å². The van der Waals surface area contributed by atoms with Crippen molar-refractivity contribution < 1.29 is 4.52 Å². The molecule has 0 spiro atoms. The molecule has 0 bridgehead atoms. The summed E-state index contributed by atoms with van der Waals surface area (Å²) in [6.07, 6.45) is 1.29. The highest BCUT2D eigenvalue weighted by molar-refractivity contribution is 6.35. The van der Waals surface area contributed by atoms with Crippen LogP contribution in [0.4, 0.5) is 0 Å². The van der Waals surface area contributed by atoms with Crippen LogP contribution in [0.1, 0.15) is 29.6 Å². The maximum absolute atomic E-state index is 8.77. The molecule has 1 heterocycles. The van der Waals surface area contributed by atoms with E-state index >= 15 is 0 Å². The normalized spacial score (nSPS) is 21.1. The summed E-state index contributed by atoms with van der Waals surface area (Å²) in [6.45, 7) is 0. The van der Waals surface area contributed by atoms with Gasteiger partial charge in [0.2, 0.25) is 5.89 Å². The van der Waals surface area contributed by atoms with Crippen LogP contribution in [-0.4, -0.2) is 10.1 Å². The van der Waals surface area contributed by atoms with Gasteiger partial charge >= 0.3 is 0 Å². The van der Waals surface area contributed by atoms with E-state index in [1.807, 2.05) is 6.07 Å². The molecule has 1 saturated carbocycles. The average molecular weight is 294 g/mol. The van der Waals surface area contributed by atoms with E-state index in [-0.39, 0.29) is 11.8 Å². The Labute approximate surface area is 119 Å². The van der Waals surface area contributed by atoms with Crippen LogP contribution in [0.25, 0.3) is 0 Å². The average Bonchev–Trinajstić information content (AvgIpc) is 3.04. The zero-order chi connectivity index (χ0) is 13.4. The Balaban J connectivity index is 1.75. The van der Waals surface area contributed by atoms with Crippen molar-refractivity contribution in [2.24, 2.45) is 5.92 Å². The molecule has 3 rings (SSSR count). The second-order valence-electron chi connectivity index (χ2n) is 4.54. The molecule has 1 aromatic heterocycles. The number of benzene rings is 1. The van der Waals surface area contributed by atoms with Crippen molar-refractivity contribution in [2.75, 3.05) is 0 Å². The molecule has 2 aromatic rings. The number of halogens is 2. The third-order valence-electron chi connectivity index (χ3n) is 3.12. The van der Waals surface area contributed by atoms with Crippen LogP contribution in [0.3, 0.4) is 0 Å². The van der Waals surface area contributed by atoms with E-state index in [1.165, 1.54) is 0 Å². The predicted octanol–water partition coefficient (Wildman–Crippen LogP) is 3.59. The largest absolute Gasteiger partial charge is 0.339 e. The van der Waals surface area contributed by atoms with Gasteiger partial charge in [-0.05, 0) is 24.1 Å². The van der Waals surface area contributed by atoms with Crippen molar-refractivity contribution in [2.45, 2.75) is 18.8 Å². The summed E-state index contributed by atoms with van der Waals surface area (Å²) >= 11 is 11.9. The van der Waals surface area contributed by atoms with Crippen molar-refractivity contribution in [3.05, 3.63) is 45.5 Å². The van der Waals surface area contributed by atoms with Crippen LogP contribution >= 0.6 is 23.2 Å². The Morgan fingerprint density at radius 2 is 2.26 bits per heavy atom. The molecule has 6 heteroatoms. The number of rotatable bonds is 3. The number of nitriles is 1. The van der Waals surface area contributed by atoms with Gasteiger partial charge in [-0.25, -0.2) is 0 Å². The van der Waals surface area contributed by atoms with Gasteiger partial charge in [0.25, 0.3) is 0 Å². The highest BCUT2D eigenvalue weighted by Gasteiger charge is 2.43. The van der Waals surface area contributed by atoms with Crippen molar-refractivity contribution in [1.29, 1.82) is 5.26 Å². The lowest BCUT2D eigenvalue weighted by atomic mass is 10.1. The van der Waals surface area contributed by atoms with Gasteiger partial charge in [-0.15, -0.1) is 0 Å². The quantitative estimate of drug-likeness (QED) is 0.867. The van der Waals surface area contributed by atoms with Crippen molar-refractivity contribution in [3.8, 4) is 6.07 Å². The summed E-state index contributed by atoms with van der Waals surface area (Å²) in [5.41, 5.74) is 0.894. The summed E-state index contributed by atoms with van der Waals surface area (Å²) in [7, 11) is 0. The number of hydrogen-bond acceptors (Lipinski definition) is 4. The first kappa shape index (κ1) is 12.5. The molecule has 1 fully saturated rings. The molecule has 2 unspecified atom stereocenters. The van der Waals surface area contributed by atoms with Gasteiger partial charge in [0.05, 0.1) is 17.9 Å². The number of hydrogen-bond donors (Lipinski definition) is 0. The molecule has 19 heavy (non-hydrogen) atoms. The maximum atomic E-state index is 8.77. The van der Waals surface area contributed by atoms with E-state index < -0.39 is 0 Å². The fourth-order valence-corrected chi connectivity index (χ4v) is 2.41. The van der Waals surface area contributed by atoms with E-state index in [4.69, 9.17) is 33.0 Å². The third-order valence-corrected chi connectivity index (χ3v) is 3.71. The molecule has 0 N–H and O–H groups in total. The molecule has 2 atom stereocenters. The molecule has 0 aliphatic heterocycles. The lowest BCUT2D eigenvalue weighted by Gasteiger charge is -2.00. The zero-order valence-corrected chi connectivity index (χ0v) is 11.3. The minimum absolute atomic E-state index is 0.0208. The van der Waals surface area contributed by atoms with Crippen LogP contribution in [0.15, 0.2) is 22.7 Å². The third kappa shape index (κ3) is 2.58. The molecule has 4 nitrogen and oxygen atoms in total. The van der Waals surface area contributed by atoms with Gasteiger partial charge in [0.15, 0.2) is 5.82 Å². The lowest BCUT2D eigenvalue weighted by molar-refractivity contribution is 0.373. The van der Waals surface area contributed by atoms with Crippen LogP contribution in [-0.2, 0) is 6.42 Å². The van der Waals surface area contributed by atoms with Crippen LogP contribution in [0.2, 0.25) is 10.0 Å².